The van der Waals surface area contributed by atoms with Gasteiger partial charge in [-0.05, 0) is 36.1 Å². The highest BCUT2D eigenvalue weighted by Crippen LogP contribution is 2.35. The molecule has 5 nitrogen and oxygen atoms in total. The van der Waals surface area contributed by atoms with Gasteiger partial charge in [-0.2, -0.15) is 0 Å². The Kier molecular flexibility index (Phi) is 7.93. The van der Waals surface area contributed by atoms with Crippen LogP contribution < -0.4 is 19.5 Å². The maximum absolute atomic E-state index is 9.26. The van der Waals surface area contributed by atoms with E-state index in [-0.39, 0.29) is 12.6 Å². The molecule has 0 aliphatic heterocycles. The molecule has 0 fully saturated rings. The van der Waals surface area contributed by atoms with Gasteiger partial charge in [0.1, 0.15) is 23.9 Å². The Morgan fingerprint density at radius 2 is 1.61 bits per heavy atom. The summed E-state index contributed by atoms with van der Waals surface area (Å²) in [5, 5.41) is 12.5. The number of hydrogen-bond donors (Lipinski definition) is 2. The third-order valence-electron chi connectivity index (χ3n) is 5.41. The highest BCUT2D eigenvalue weighted by Gasteiger charge is 2.15. The van der Waals surface area contributed by atoms with Gasteiger partial charge < -0.3 is 24.6 Å². The Balaban J connectivity index is 1.80. The second-order valence-electron chi connectivity index (χ2n) is 7.52. The molecule has 1 atom stereocenters. The summed E-state index contributed by atoms with van der Waals surface area (Å²) < 4.78 is 17.3. The van der Waals surface area contributed by atoms with Crippen molar-refractivity contribution in [1.82, 2.24) is 5.32 Å². The van der Waals surface area contributed by atoms with Crippen molar-refractivity contribution in [2.45, 2.75) is 33.0 Å². The van der Waals surface area contributed by atoms with Gasteiger partial charge >= 0.3 is 0 Å². The Labute approximate surface area is 184 Å². The van der Waals surface area contributed by atoms with E-state index in [2.05, 4.69) is 42.6 Å². The molecule has 0 amide bonds. The van der Waals surface area contributed by atoms with Gasteiger partial charge in [0.2, 0.25) is 0 Å². The molecule has 0 saturated carbocycles. The first kappa shape index (κ1) is 22.7. The molecule has 3 rings (SSSR count). The fourth-order valence-corrected chi connectivity index (χ4v) is 3.49. The Hall–Kier alpha value is -3.02. The van der Waals surface area contributed by atoms with Gasteiger partial charge in [0, 0.05) is 24.7 Å². The summed E-state index contributed by atoms with van der Waals surface area (Å²) in [4.78, 5) is 0. The predicted octanol–water partition coefficient (Wildman–Crippen LogP) is 4.73. The van der Waals surface area contributed by atoms with E-state index in [0.29, 0.717) is 30.4 Å². The van der Waals surface area contributed by atoms with Crippen LogP contribution in [0.4, 0.5) is 0 Å². The van der Waals surface area contributed by atoms with E-state index < -0.39 is 0 Å². The lowest BCUT2D eigenvalue weighted by Crippen LogP contribution is -2.29. The third-order valence-corrected chi connectivity index (χ3v) is 5.41. The molecule has 0 radical (unpaired) electrons. The second-order valence-corrected chi connectivity index (χ2v) is 7.52. The molecule has 0 bridgehead atoms. The van der Waals surface area contributed by atoms with Crippen molar-refractivity contribution in [3.05, 3.63) is 77.4 Å². The number of hydrogen-bond acceptors (Lipinski definition) is 5. The second kappa shape index (κ2) is 10.8. The summed E-state index contributed by atoms with van der Waals surface area (Å²) in [6.07, 6.45) is 0. The van der Waals surface area contributed by atoms with Gasteiger partial charge in [-0.1, -0.05) is 48.5 Å². The molecule has 0 heterocycles. The van der Waals surface area contributed by atoms with Crippen LogP contribution >= 0.6 is 0 Å². The van der Waals surface area contributed by atoms with Crippen molar-refractivity contribution in [2.24, 2.45) is 0 Å². The summed E-state index contributed by atoms with van der Waals surface area (Å²) in [5.74, 6) is 2.04. The summed E-state index contributed by atoms with van der Waals surface area (Å²) in [6.45, 7) is 5.07. The molecule has 0 aliphatic rings. The van der Waals surface area contributed by atoms with Gasteiger partial charge in [0.05, 0.1) is 26.4 Å². The van der Waals surface area contributed by atoms with Crippen molar-refractivity contribution < 1.29 is 19.3 Å². The zero-order valence-corrected chi connectivity index (χ0v) is 18.6. The van der Waals surface area contributed by atoms with Gasteiger partial charge in [0.25, 0.3) is 0 Å². The quantitative estimate of drug-likeness (QED) is 0.496. The van der Waals surface area contributed by atoms with Crippen LogP contribution in [0.1, 0.15) is 23.6 Å². The molecule has 0 aliphatic carbocycles. The molecule has 0 unspecified atom stereocenters. The van der Waals surface area contributed by atoms with Crippen LogP contribution in [0.5, 0.6) is 17.2 Å². The zero-order chi connectivity index (χ0) is 22.2. The maximum atomic E-state index is 9.26. The van der Waals surface area contributed by atoms with Crippen molar-refractivity contribution in [2.75, 3.05) is 20.8 Å². The van der Waals surface area contributed by atoms with Crippen LogP contribution in [0, 0.1) is 6.92 Å². The Bertz CT molecular complexity index is 963. The highest BCUT2D eigenvalue weighted by atomic mass is 16.5. The molecule has 2 N–H and O–H groups in total. The summed E-state index contributed by atoms with van der Waals surface area (Å²) in [6, 6.07) is 20.4. The summed E-state index contributed by atoms with van der Waals surface area (Å²) >= 11 is 0. The lowest BCUT2D eigenvalue weighted by atomic mass is 9.97. The van der Waals surface area contributed by atoms with Crippen molar-refractivity contribution in [3.8, 4) is 28.4 Å². The van der Waals surface area contributed by atoms with Crippen molar-refractivity contribution in [1.29, 1.82) is 0 Å². The number of methoxy groups -OCH3 is 2. The minimum atomic E-state index is -0.0230. The molecule has 3 aromatic carbocycles. The van der Waals surface area contributed by atoms with Crippen LogP contribution in [0.3, 0.4) is 0 Å². The standard InChI is InChI=1S/C26H31NO4/c1-18(16-28)27-15-24-25(29-3)13-22(14-26(24)30-4)31-17-21-11-8-12-23(19(21)2)20-9-6-5-7-10-20/h5-14,18,27-28H,15-17H2,1-4H3/t18-/m1/s1. The minimum Gasteiger partial charge on any atom is -0.496 e. The number of benzene rings is 3. The molecule has 3 aromatic rings. The van der Waals surface area contributed by atoms with E-state index in [1.807, 2.05) is 37.3 Å². The number of aliphatic hydroxyl groups excluding tert-OH is 1. The van der Waals surface area contributed by atoms with Gasteiger partial charge in [-0.25, -0.2) is 0 Å². The normalized spacial score (nSPS) is 11.8. The fourth-order valence-electron chi connectivity index (χ4n) is 3.49. The zero-order valence-electron chi connectivity index (χ0n) is 18.6. The summed E-state index contributed by atoms with van der Waals surface area (Å²) in [7, 11) is 3.26. The average Bonchev–Trinajstić information content (AvgIpc) is 2.82. The van der Waals surface area contributed by atoms with Gasteiger partial charge in [0.15, 0.2) is 0 Å². The highest BCUT2D eigenvalue weighted by molar-refractivity contribution is 5.68. The van der Waals surface area contributed by atoms with Gasteiger partial charge in [-0.3, -0.25) is 0 Å². The molecule has 0 saturated heterocycles. The number of nitrogens with one attached hydrogen (secondary N) is 1. The van der Waals surface area contributed by atoms with Crippen molar-refractivity contribution >= 4 is 0 Å². The lowest BCUT2D eigenvalue weighted by Gasteiger charge is -2.18. The maximum Gasteiger partial charge on any atom is 0.130 e. The van der Waals surface area contributed by atoms with Crippen LogP contribution in [-0.2, 0) is 13.2 Å². The molecule has 164 valence electrons. The SMILES string of the molecule is COc1cc(OCc2cccc(-c3ccccc3)c2C)cc(OC)c1CN[C@H](C)CO. The molecule has 0 aromatic heterocycles. The number of ether oxygens (including phenoxy) is 3. The Morgan fingerprint density at radius 1 is 0.935 bits per heavy atom. The smallest absolute Gasteiger partial charge is 0.130 e. The van der Waals surface area contributed by atoms with Crippen LogP contribution in [-0.4, -0.2) is 32.0 Å². The molecular formula is C26H31NO4. The Morgan fingerprint density at radius 3 is 2.23 bits per heavy atom. The molecule has 31 heavy (non-hydrogen) atoms. The van der Waals surface area contributed by atoms with Crippen molar-refractivity contribution in [3.63, 3.8) is 0 Å². The van der Waals surface area contributed by atoms with E-state index in [1.165, 1.54) is 16.7 Å². The van der Waals surface area contributed by atoms with E-state index in [4.69, 9.17) is 14.2 Å². The first-order chi connectivity index (χ1) is 15.1. The lowest BCUT2D eigenvalue weighted by molar-refractivity contribution is 0.249. The first-order valence-electron chi connectivity index (χ1n) is 10.4. The van der Waals surface area contributed by atoms with Gasteiger partial charge in [-0.15, -0.1) is 0 Å². The predicted molar refractivity (Wildman–Crippen MR) is 124 cm³/mol. The summed E-state index contributed by atoms with van der Waals surface area (Å²) in [5.41, 5.74) is 5.61. The topological polar surface area (TPSA) is 60.0 Å². The number of rotatable bonds is 10. The monoisotopic (exact) mass is 421 g/mol. The van der Waals surface area contributed by atoms with Crippen LogP contribution in [0.15, 0.2) is 60.7 Å². The van der Waals surface area contributed by atoms with Crippen LogP contribution in [0.25, 0.3) is 11.1 Å². The van der Waals surface area contributed by atoms with E-state index >= 15 is 0 Å². The van der Waals surface area contributed by atoms with E-state index in [1.54, 1.807) is 14.2 Å². The number of aliphatic hydroxyl groups is 1. The molecule has 5 heteroatoms. The largest absolute Gasteiger partial charge is 0.496 e. The first-order valence-corrected chi connectivity index (χ1v) is 10.4. The minimum absolute atomic E-state index is 0.0230. The van der Waals surface area contributed by atoms with E-state index in [9.17, 15) is 5.11 Å². The fraction of sp³-hybridized carbons (Fsp3) is 0.308. The molecular weight excluding hydrogens is 390 g/mol. The third kappa shape index (κ3) is 5.57. The average molecular weight is 422 g/mol. The van der Waals surface area contributed by atoms with Crippen LogP contribution in [0.2, 0.25) is 0 Å². The molecule has 0 spiro atoms. The van der Waals surface area contributed by atoms with E-state index in [0.717, 1.165) is 11.1 Å².